The maximum absolute atomic E-state index is 12.9. The molecule has 3 rings (SSSR count). The monoisotopic (exact) mass is 368 g/mol. The highest BCUT2D eigenvalue weighted by molar-refractivity contribution is 5.80. The van der Waals surface area contributed by atoms with Crippen molar-refractivity contribution < 1.29 is 9.59 Å². The zero-order valence-electron chi connectivity index (χ0n) is 16.1. The predicted octanol–water partition coefficient (Wildman–Crippen LogP) is 2.70. The first-order chi connectivity index (χ1) is 13.0. The number of carbonyl (C=O) groups excluding carboxylic acids is 2. The van der Waals surface area contributed by atoms with Gasteiger partial charge in [0.05, 0.1) is 6.04 Å². The molecule has 6 heteroatoms. The summed E-state index contributed by atoms with van der Waals surface area (Å²) >= 11 is 0. The quantitative estimate of drug-likeness (QED) is 0.852. The number of nitrogens with one attached hydrogen (secondary N) is 1. The van der Waals surface area contributed by atoms with Gasteiger partial charge >= 0.3 is 0 Å². The number of hydrogen-bond donors (Lipinski definition) is 1. The van der Waals surface area contributed by atoms with E-state index in [9.17, 15) is 9.59 Å². The van der Waals surface area contributed by atoms with Crippen molar-refractivity contribution >= 4 is 11.8 Å². The van der Waals surface area contributed by atoms with E-state index in [1.807, 2.05) is 36.2 Å². The van der Waals surface area contributed by atoms with Crippen molar-refractivity contribution in [3.8, 4) is 0 Å². The van der Waals surface area contributed by atoms with Gasteiger partial charge in [0.1, 0.15) is 5.82 Å². The number of carbonyl (C=O) groups is 2. The van der Waals surface area contributed by atoms with Gasteiger partial charge in [-0.05, 0) is 31.7 Å². The Kier molecular flexibility index (Phi) is 6.27. The van der Waals surface area contributed by atoms with Gasteiger partial charge in [0.2, 0.25) is 11.8 Å². The Morgan fingerprint density at radius 1 is 1.22 bits per heavy atom. The molecule has 2 amide bonds. The maximum atomic E-state index is 12.9. The van der Waals surface area contributed by atoms with E-state index in [1.54, 1.807) is 13.1 Å². The number of rotatable bonds is 6. The lowest BCUT2D eigenvalue weighted by molar-refractivity contribution is -0.134. The summed E-state index contributed by atoms with van der Waals surface area (Å²) in [6.07, 6.45) is 6.03. The molecule has 1 saturated heterocycles. The molecule has 1 fully saturated rings. The van der Waals surface area contributed by atoms with Crippen LogP contribution in [0.3, 0.4) is 0 Å². The van der Waals surface area contributed by atoms with Crippen LogP contribution in [-0.2, 0) is 16.1 Å². The van der Waals surface area contributed by atoms with Crippen LogP contribution in [0.4, 0.5) is 0 Å². The molecule has 2 aromatic rings. The standard InChI is InChI=1S/C21H28N4O2/c1-16-22-11-15-24(16)14-10-20(18-6-4-3-5-7-18)23-21(27)19-8-12-25(13-9-19)17(2)26/h3-7,11,15,19-20H,8-10,12-14H2,1-2H3,(H,23,27)/t20-/m0/s1. The molecule has 1 atom stereocenters. The van der Waals surface area contributed by atoms with Crippen molar-refractivity contribution in [3.05, 3.63) is 54.1 Å². The molecule has 1 aliphatic heterocycles. The van der Waals surface area contributed by atoms with Crippen molar-refractivity contribution in [1.82, 2.24) is 19.8 Å². The molecule has 1 aliphatic rings. The fourth-order valence-corrected chi connectivity index (χ4v) is 3.66. The van der Waals surface area contributed by atoms with E-state index < -0.39 is 0 Å². The number of imidazole rings is 1. The molecule has 2 heterocycles. The van der Waals surface area contributed by atoms with E-state index in [1.165, 1.54) is 0 Å². The summed E-state index contributed by atoms with van der Waals surface area (Å²) in [6, 6.07) is 10.1. The van der Waals surface area contributed by atoms with E-state index in [0.717, 1.165) is 37.2 Å². The van der Waals surface area contributed by atoms with Gasteiger partial charge < -0.3 is 14.8 Å². The van der Waals surface area contributed by atoms with Crippen LogP contribution in [0.1, 0.15) is 43.6 Å². The molecule has 0 spiro atoms. The fraction of sp³-hybridized carbons (Fsp3) is 0.476. The summed E-state index contributed by atoms with van der Waals surface area (Å²) in [4.78, 5) is 30.4. The van der Waals surface area contributed by atoms with Gasteiger partial charge in [-0.2, -0.15) is 0 Å². The Morgan fingerprint density at radius 2 is 1.93 bits per heavy atom. The Bertz CT molecular complexity index is 763. The SMILES string of the molecule is CC(=O)N1CCC(C(=O)N[C@@H](CCn2ccnc2C)c2ccccc2)CC1. The number of amides is 2. The molecule has 1 aromatic carbocycles. The van der Waals surface area contributed by atoms with Crippen molar-refractivity contribution in [2.24, 2.45) is 5.92 Å². The lowest BCUT2D eigenvalue weighted by atomic mass is 9.94. The minimum absolute atomic E-state index is 0.0261. The van der Waals surface area contributed by atoms with Crippen LogP contribution in [0.15, 0.2) is 42.7 Å². The minimum Gasteiger partial charge on any atom is -0.349 e. The van der Waals surface area contributed by atoms with Crippen LogP contribution < -0.4 is 5.32 Å². The fourth-order valence-electron chi connectivity index (χ4n) is 3.66. The Morgan fingerprint density at radius 3 is 2.52 bits per heavy atom. The smallest absolute Gasteiger partial charge is 0.223 e. The summed E-state index contributed by atoms with van der Waals surface area (Å²) in [5.41, 5.74) is 1.12. The van der Waals surface area contributed by atoms with Gasteiger partial charge in [0.25, 0.3) is 0 Å². The number of benzene rings is 1. The molecule has 0 bridgehead atoms. The summed E-state index contributed by atoms with van der Waals surface area (Å²) in [7, 11) is 0. The third-order valence-corrected chi connectivity index (χ3v) is 5.41. The summed E-state index contributed by atoms with van der Waals surface area (Å²) in [5.74, 6) is 1.13. The third kappa shape index (κ3) is 4.96. The van der Waals surface area contributed by atoms with E-state index in [4.69, 9.17) is 0 Å². The van der Waals surface area contributed by atoms with Crippen LogP contribution in [0.2, 0.25) is 0 Å². The molecule has 144 valence electrons. The van der Waals surface area contributed by atoms with Crippen LogP contribution >= 0.6 is 0 Å². The first-order valence-electron chi connectivity index (χ1n) is 9.63. The lowest BCUT2D eigenvalue weighted by Gasteiger charge is -2.31. The zero-order chi connectivity index (χ0) is 19.2. The molecule has 1 aromatic heterocycles. The number of aromatic nitrogens is 2. The average molecular weight is 368 g/mol. The van der Waals surface area contributed by atoms with Gasteiger partial charge in [-0.1, -0.05) is 30.3 Å². The summed E-state index contributed by atoms with van der Waals surface area (Å²) < 4.78 is 2.10. The Balaban J connectivity index is 1.63. The van der Waals surface area contributed by atoms with Crippen molar-refractivity contribution in [2.45, 2.75) is 45.7 Å². The molecule has 6 nitrogen and oxygen atoms in total. The Hall–Kier alpha value is -2.63. The van der Waals surface area contributed by atoms with E-state index in [2.05, 4.69) is 27.0 Å². The number of piperidine rings is 1. The largest absolute Gasteiger partial charge is 0.349 e. The molecule has 0 radical (unpaired) electrons. The van der Waals surface area contributed by atoms with Gasteiger partial charge in [0, 0.05) is 44.9 Å². The second-order valence-electron chi connectivity index (χ2n) is 7.21. The second-order valence-corrected chi connectivity index (χ2v) is 7.21. The van der Waals surface area contributed by atoms with Crippen LogP contribution in [0, 0.1) is 12.8 Å². The normalized spacial score (nSPS) is 16.1. The first-order valence-corrected chi connectivity index (χ1v) is 9.63. The van der Waals surface area contributed by atoms with Crippen molar-refractivity contribution in [2.75, 3.05) is 13.1 Å². The molecule has 0 unspecified atom stereocenters. The van der Waals surface area contributed by atoms with Gasteiger partial charge in [0.15, 0.2) is 0 Å². The lowest BCUT2D eigenvalue weighted by Crippen LogP contribution is -2.43. The Labute approximate surface area is 160 Å². The molecule has 0 aliphatic carbocycles. The van der Waals surface area contributed by atoms with Gasteiger partial charge in [-0.25, -0.2) is 4.98 Å². The van der Waals surface area contributed by atoms with Crippen molar-refractivity contribution in [1.29, 1.82) is 0 Å². The molecule has 27 heavy (non-hydrogen) atoms. The number of aryl methyl sites for hydroxylation is 2. The highest BCUT2D eigenvalue weighted by atomic mass is 16.2. The van der Waals surface area contributed by atoms with E-state index >= 15 is 0 Å². The average Bonchev–Trinajstić information content (AvgIpc) is 3.10. The predicted molar refractivity (Wildman–Crippen MR) is 104 cm³/mol. The van der Waals surface area contributed by atoms with Crippen LogP contribution in [0.25, 0.3) is 0 Å². The first kappa shape index (κ1) is 19.1. The number of likely N-dealkylation sites (tertiary alicyclic amines) is 1. The summed E-state index contributed by atoms with van der Waals surface area (Å²) in [5, 5.41) is 3.25. The van der Waals surface area contributed by atoms with E-state index in [-0.39, 0.29) is 23.8 Å². The molecular weight excluding hydrogens is 340 g/mol. The van der Waals surface area contributed by atoms with Gasteiger partial charge in [-0.3, -0.25) is 9.59 Å². The van der Waals surface area contributed by atoms with Crippen molar-refractivity contribution in [3.63, 3.8) is 0 Å². The molecular formula is C21H28N4O2. The van der Waals surface area contributed by atoms with Crippen LogP contribution in [-0.4, -0.2) is 39.4 Å². The maximum Gasteiger partial charge on any atom is 0.223 e. The molecule has 0 saturated carbocycles. The second kappa shape index (κ2) is 8.84. The minimum atomic E-state index is -0.0358. The van der Waals surface area contributed by atoms with Gasteiger partial charge in [-0.15, -0.1) is 0 Å². The molecule has 1 N–H and O–H groups in total. The number of nitrogens with zero attached hydrogens (tertiary/aromatic N) is 3. The highest BCUT2D eigenvalue weighted by Gasteiger charge is 2.27. The van der Waals surface area contributed by atoms with E-state index in [0.29, 0.717) is 13.1 Å². The van der Waals surface area contributed by atoms with Crippen LogP contribution in [0.5, 0.6) is 0 Å². The third-order valence-electron chi connectivity index (χ3n) is 5.41. The number of hydrogen-bond acceptors (Lipinski definition) is 3. The highest BCUT2D eigenvalue weighted by Crippen LogP contribution is 2.22. The topological polar surface area (TPSA) is 67.2 Å². The summed E-state index contributed by atoms with van der Waals surface area (Å²) in [6.45, 7) is 5.70. The zero-order valence-corrected chi connectivity index (χ0v) is 16.1.